The number of nitrogens with one attached hydrogen (secondary N) is 1. The Morgan fingerprint density at radius 3 is 2.65 bits per heavy atom. The fourth-order valence-corrected chi connectivity index (χ4v) is 2.80. The number of hydrogen-bond donors (Lipinski definition) is 1. The van der Waals surface area contributed by atoms with Gasteiger partial charge in [0.05, 0.1) is 4.88 Å². The molecule has 1 aromatic heterocycles. The van der Waals surface area contributed by atoms with Crippen molar-refractivity contribution < 1.29 is 9.18 Å². The smallest absolute Gasteiger partial charge is 0.273 e. The van der Waals surface area contributed by atoms with E-state index in [-0.39, 0.29) is 24.0 Å². The van der Waals surface area contributed by atoms with E-state index in [4.69, 9.17) is 0 Å². The SMILES string of the molecule is Cc1ccc(-c2snnc2C(=O)NCc2ccccc2F)cc1. The minimum atomic E-state index is -0.363. The van der Waals surface area contributed by atoms with Crippen LogP contribution in [0.15, 0.2) is 48.5 Å². The van der Waals surface area contributed by atoms with Crippen molar-refractivity contribution in [1.82, 2.24) is 14.9 Å². The molecule has 0 radical (unpaired) electrons. The number of nitrogens with zero attached hydrogens (tertiary/aromatic N) is 2. The fraction of sp³-hybridized carbons (Fsp3) is 0.118. The van der Waals surface area contributed by atoms with Gasteiger partial charge in [-0.3, -0.25) is 4.79 Å². The number of aromatic nitrogens is 2. The highest BCUT2D eigenvalue weighted by atomic mass is 32.1. The van der Waals surface area contributed by atoms with Gasteiger partial charge in [0.15, 0.2) is 5.69 Å². The van der Waals surface area contributed by atoms with Crippen LogP contribution in [-0.4, -0.2) is 15.5 Å². The van der Waals surface area contributed by atoms with Gasteiger partial charge in [-0.1, -0.05) is 52.5 Å². The minimum Gasteiger partial charge on any atom is -0.346 e. The van der Waals surface area contributed by atoms with Crippen molar-refractivity contribution in [2.24, 2.45) is 0 Å². The highest BCUT2D eigenvalue weighted by Gasteiger charge is 2.18. The van der Waals surface area contributed by atoms with Crippen LogP contribution in [0.1, 0.15) is 21.6 Å². The lowest BCUT2D eigenvalue weighted by Gasteiger charge is -2.06. The Kier molecular flexibility index (Phi) is 4.43. The van der Waals surface area contributed by atoms with Crippen molar-refractivity contribution in [3.05, 3.63) is 71.2 Å². The topological polar surface area (TPSA) is 54.9 Å². The molecule has 23 heavy (non-hydrogen) atoms. The van der Waals surface area contributed by atoms with Gasteiger partial charge < -0.3 is 5.32 Å². The van der Waals surface area contributed by atoms with Gasteiger partial charge >= 0.3 is 0 Å². The van der Waals surface area contributed by atoms with Crippen LogP contribution in [0.25, 0.3) is 10.4 Å². The third kappa shape index (κ3) is 3.43. The van der Waals surface area contributed by atoms with Crippen molar-refractivity contribution in [3.8, 4) is 10.4 Å². The maximum absolute atomic E-state index is 13.6. The molecule has 0 fully saturated rings. The molecule has 2 aromatic carbocycles. The molecule has 0 unspecified atom stereocenters. The molecule has 0 atom stereocenters. The number of hydrogen-bond acceptors (Lipinski definition) is 4. The summed E-state index contributed by atoms with van der Waals surface area (Å²) >= 11 is 1.17. The first-order valence-corrected chi connectivity index (χ1v) is 7.83. The second kappa shape index (κ2) is 6.66. The number of carbonyl (C=O) groups excluding carboxylic acids is 1. The number of benzene rings is 2. The molecule has 1 amide bonds. The maximum atomic E-state index is 13.6. The Hall–Kier alpha value is -2.60. The summed E-state index contributed by atoms with van der Waals surface area (Å²) in [5.41, 5.74) is 2.72. The average Bonchev–Trinajstić information content (AvgIpc) is 3.04. The van der Waals surface area contributed by atoms with Gasteiger partial charge in [0.2, 0.25) is 0 Å². The van der Waals surface area contributed by atoms with Crippen molar-refractivity contribution in [2.75, 3.05) is 0 Å². The van der Waals surface area contributed by atoms with E-state index in [1.54, 1.807) is 18.2 Å². The van der Waals surface area contributed by atoms with Gasteiger partial charge in [0.1, 0.15) is 5.82 Å². The molecule has 0 saturated heterocycles. The quantitative estimate of drug-likeness (QED) is 0.797. The van der Waals surface area contributed by atoms with Crippen LogP contribution in [-0.2, 0) is 6.54 Å². The largest absolute Gasteiger partial charge is 0.346 e. The first-order valence-electron chi connectivity index (χ1n) is 7.06. The van der Waals surface area contributed by atoms with E-state index in [9.17, 15) is 9.18 Å². The van der Waals surface area contributed by atoms with Gasteiger partial charge in [0, 0.05) is 12.1 Å². The highest BCUT2D eigenvalue weighted by molar-refractivity contribution is 7.09. The number of rotatable bonds is 4. The zero-order valence-electron chi connectivity index (χ0n) is 12.4. The second-order valence-electron chi connectivity index (χ2n) is 5.09. The molecule has 1 heterocycles. The molecular formula is C17H14FN3OS. The molecule has 0 bridgehead atoms. The summed E-state index contributed by atoms with van der Waals surface area (Å²) in [6, 6.07) is 14.1. The fourth-order valence-electron chi connectivity index (χ4n) is 2.13. The standard InChI is InChI=1S/C17H14FN3OS/c1-11-6-8-12(9-7-11)16-15(20-21-23-16)17(22)19-10-13-4-2-3-5-14(13)18/h2-9H,10H2,1H3,(H,19,22). The zero-order valence-corrected chi connectivity index (χ0v) is 13.2. The summed E-state index contributed by atoms with van der Waals surface area (Å²) in [7, 11) is 0. The van der Waals surface area contributed by atoms with E-state index < -0.39 is 0 Å². The summed E-state index contributed by atoms with van der Waals surface area (Å²) in [6.45, 7) is 2.10. The van der Waals surface area contributed by atoms with Gasteiger partial charge in [-0.15, -0.1) is 5.10 Å². The lowest BCUT2D eigenvalue weighted by molar-refractivity contribution is 0.0946. The molecule has 4 nitrogen and oxygen atoms in total. The molecular weight excluding hydrogens is 313 g/mol. The van der Waals surface area contributed by atoms with Crippen LogP contribution in [0, 0.1) is 12.7 Å². The van der Waals surface area contributed by atoms with Crippen LogP contribution in [0.3, 0.4) is 0 Å². The first-order chi connectivity index (χ1) is 11.1. The van der Waals surface area contributed by atoms with Gasteiger partial charge in [0.25, 0.3) is 5.91 Å². The van der Waals surface area contributed by atoms with Crippen molar-refractivity contribution in [1.29, 1.82) is 0 Å². The van der Waals surface area contributed by atoms with Gasteiger partial charge in [-0.2, -0.15) is 0 Å². The predicted octanol–water partition coefficient (Wildman–Crippen LogP) is 3.58. The Balaban J connectivity index is 1.77. The number of aryl methyl sites for hydroxylation is 1. The molecule has 1 N–H and O–H groups in total. The van der Waals surface area contributed by atoms with Crippen LogP contribution < -0.4 is 5.32 Å². The Bertz CT molecular complexity index is 830. The van der Waals surface area contributed by atoms with E-state index in [1.165, 1.54) is 17.6 Å². The Morgan fingerprint density at radius 2 is 1.91 bits per heavy atom. The summed E-state index contributed by atoms with van der Waals surface area (Å²) in [6.07, 6.45) is 0. The summed E-state index contributed by atoms with van der Waals surface area (Å²) in [5, 5.41) is 6.60. The zero-order chi connectivity index (χ0) is 16.2. The molecule has 0 saturated carbocycles. The highest BCUT2D eigenvalue weighted by Crippen LogP contribution is 2.26. The van der Waals surface area contributed by atoms with Crippen molar-refractivity contribution in [2.45, 2.75) is 13.5 Å². The van der Waals surface area contributed by atoms with E-state index >= 15 is 0 Å². The summed E-state index contributed by atoms with van der Waals surface area (Å²) in [4.78, 5) is 13.0. The third-order valence-corrected chi connectivity index (χ3v) is 4.19. The van der Waals surface area contributed by atoms with Gasteiger partial charge in [-0.05, 0) is 30.1 Å². The van der Waals surface area contributed by atoms with Crippen LogP contribution in [0.5, 0.6) is 0 Å². The molecule has 3 rings (SSSR count). The molecule has 116 valence electrons. The normalized spacial score (nSPS) is 10.5. The Morgan fingerprint density at radius 1 is 1.17 bits per heavy atom. The van der Waals surface area contributed by atoms with E-state index in [0.717, 1.165) is 11.1 Å². The second-order valence-corrected chi connectivity index (χ2v) is 5.84. The van der Waals surface area contributed by atoms with Crippen LogP contribution in [0.4, 0.5) is 4.39 Å². The number of amides is 1. The van der Waals surface area contributed by atoms with Gasteiger partial charge in [-0.25, -0.2) is 4.39 Å². The molecule has 0 aliphatic rings. The molecule has 6 heteroatoms. The summed E-state index contributed by atoms with van der Waals surface area (Å²) < 4.78 is 17.5. The van der Waals surface area contributed by atoms with E-state index in [0.29, 0.717) is 10.4 Å². The van der Waals surface area contributed by atoms with Crippen LogP contribution in [0.2, 0.25) is 0 Å². The number of carbonyl (C=O) groups is 1. The maximum Gasteiger partial charge on any atom is 0.273 e. The monoisotopic (exact) mass is 327 g/mol. The lowest BCUT2D eigenvalue weighted by Crippen LogP contribution is -2.24. The molecule has 0 aliphatic carbocycles. The van der Waals surface area contributed by atoms with E-state index in [2.05, 4.69) is 14.9 Å². The number of halogens is 1. The molecule has 0 spiro atoms. The molecule has 0 aliphatic heterocycles. The average molecular weight is 327 g/mol. The van der Waals surface area contributed by atoms with Crippen molar-refractivity contribution in [3.63, 3.8) is 0 Å². The Labute approximate surface area is 137 Å². The summed E-state index contributed by atoms with van der Waals surface area (Å²) in [5.74, 6) is -0.708. The molecule has 3 aromatic rings. The lowest BCUT2D eigenvalue weighted by atomic mass is 10.1. The van der Waals surface area contributed by atoms with Crippen molar-refractivity contribution >= 4 is 17.4 Å². The first kappa shape index (κ1) is 15.3. The van der Waals surface area contributed by atoms with E-state index in [1.807, 2.05) is 31.2 Å². The predicted molar refractivity (Wildman–Crippen MR) is 87.7 cm³/mol. The minimum absolute atomic E-state index is 0.108. The third-order valence-electron chi connectivity index (χ3n) is 3.41. The van der Waals surface area contributed by atoms with Crippen LogP contribution >= 0.6 is 11.5 Å².